The van der Waals surface area contributed by atoms with Crippen molar-refractivity contribution in [1.82, 2.24) is 33.8 Å². The molecular formula is C35H33ClF3N7O4. The Morgan fingerprint density at radius 2 is 1.80 bits per heavy atom. The standard InChI is InChI=1S/C35H33ClF3N7O4/c1-35(2,3)50-34(48)45-18-25(24-13-20(36)6-8-27(24)45)23-14-29-28(15-26(23)37)44(33(47)46(29)22-9-11-43(4)12-10-22)17-21-7-5-19(16-40-21)31-41-42-32(49-31)30(38)39/h5-8,13-16,18,22,30H,9-12,17H2,1-4H3. The molecule has 0 saturated carbocycles. The van der Waals surface area contributed by atoms with Crippen LogP contribution in [0.2, 0.25) is 5.02 Å². The minimum atomic E-state index is -2.90. The van der Waals surface area contributed by atoms with Crippen molar-refractivity contribution in [1.29, 1.82) is 0 Å². The zero-order valence-electron chi connectivity index (χ0n) is 27.7. The Hall–Kier alpha value is -4.95. The van der Waals surface area contributed by atoms with Crippen molar-refractivity contribution in [3.8, 4) is 22.6 Å². The molecule has 0 aliphatic carbocycles. The van der Waals surface area contributed by atoms with E-state index in [0.717, 1.165) is 13.1 Å². The first-order valence-electron chi connectivity index (χ1n) is 16.0. The lowest BCUT2D eigenvalue weighted by molar-refractivity contribution is 0.0544. The van der Waals surface area contributed by atoms with Crippen molar-refractivity contribution < 1.29 is 27.1 Å². The van der Waals surface area contributed by atoms with Crippen LogP contribution in [0.15, 0.2) is 64.1 Å². The Kier molecular flexibility index (Phi) is 8.55. The predicted octanol–water partition coefficient (Wildman–Crippen LogP) is 7.70. The van der Waals surface area contributed by atoms with Gasteiger partial charge in [-0.3, -0.25) is 18.7 Å². The molecule has 1 aliphatic heterocycles. The summed E-state index contributed by atoms with van der Waals surface area (Å²) in [5, 5.41) is 7.95. The number of rotatable bonds is 6. The molecular weight excluding hydrogens is 675 g/mol. The molecule has 0 radical (unpaired) electrons. The molecule has 1 aliphatic rings. The van der Waals surface area contributed by atoms with Crippen LogP contribution in [-0.4, -0.2) is 65.6 Å². The lowest BCUT2D eigenvalue weighted by atomic mass is 10.0. The lowest BCUT2D eigenvalue weighted by Gasteiger charge is -2.29. The number of halogens is 4. The monoisotopic (exact) mass is 707 g/mol. The number of piperidine rings is 1. The molecule has 50 heavy (non-hydrogen) atoms. The van der Waals surface area contributed by atoms with Crippen LogP contribution in [0.25, 0.3) is 44.5 Å². The fourth-order valence-electron chi connectivity index (χ4n) is 6.39. The normalized spacial score (nSPS) is 14.7. The molecule has 1 saturated heterocycles. The molecule has 0 bridgehead atoms. The van der Waals surface area contributed by atoms with Gasteiger partial charge in [0.1, 0.15) is 11.4 Å². The van der Waals surface area contributed by atoms with Gasteiger partial charge in [-0.15, -0.1) is 10.2 Å². The van der Waals surface area contributed by atoms with Gasteiger partial charge in [0.25, 0.3) is 5.89 Å². The Bertz CT molecular complexity index is 2300. The number of aromatic nitrogens is 6. The van der Waals surface area contributed by atoms with Crippen LogP contribution in [0, 0.1) is 5.82 Å². The van der Waals surface area contributed by atoms with Crippen LogP contribution in [0.1, 0.15) is 57.7 Å². The minimum absolute atomic E-state index is 0.00764. The van der Waals surface area contributed by atoms with E-state index in [-0.39, 0.29) is 29.7 Å². The molecule has 15 heteroatoms. The van der Waals surface area contributed by atoms with Crippen molar-refractivity contribution in [3.63, 3.8) is 0 Å². The van der Waals surface area contributed by atoms with Gasteiger partial charge in [0.05, 0.1) is 34.4 Å². The maximum atomic E-state index is 16.4. The summed E-state index contributed by atoms with van der Waals surface area (Å²) in [6.45, 7) is 6.86. The van der Waals surface area contributed by atoms with Crippen LogP contribution in [0.5, 0.6) is 0 Å². The van der Waals surface area contributed by atoms with Crippen LogP contribution in [-0.2, 0) is 11.3 Å². The SMILES string of the molecule is CN1CCC(n2c(=O)n(Cc3ccc(-c4nnc(C(F)F)o4)cn3)c3cc(F)c(-c4cn(C(=O)OC(C)(C)C)c5ccc(Cl)cc45)cc32)CC1. The molecule has 0 amide bonds. The minimum Gasteiger partial charge on any atom is -0.443 e. The molecule has 0 unspecified atom stereocenters. The zero-order chi connectivity index (χ0) is 35.5. The van der Waals surface area contributed by atoms with E-state index in [2.05, 4.69) is 20.1 Å². The topological polar surface area (TPSA) is 113 Å². The third-order valence-electron chi connectivity index (χ3n) is 8.77. The molecule has 2 aromatic carbocycles. The number of fused-ring (bicyclic) bond motifs is 2. The van der Waals surface area contributed by atoms with Crippen LogP contribution < -0.4 is 5.69 Å². The van der Waals surface area contributed by atoms with Crippen molar-refractivity contribution in [2.45, 2.75) is 58.2 Å². The molecule has 0 atom stereocenters. The molecule has 4 aromatic heterocycles. The van der Waals surface area contributed by atoms with Crippen LogP contribution >= 0.6 is 11.6 Å². The molecule has 1 fully saturated rings. The fraction of sp³-hybridized carbons (Fsp3) is 0.343. The van der Waals surface area contributed by atoms with Crippen molar-refractivity contribution >= 4 is 39.6 Å². The van der Waals surface area contributed by atoms with E-state index in [1.807, 2.05) is 7.05 Å². The number of benzene rings is 2. The Morgan fingerprint density at radius 3 is 2.46 bits per heavy atom. The maximum absolute atomic E-state index is 16.4. The van der Waals surface area contributed by atoms with Gasteiger partial charge >= 0.3 is 18.2 Å². The van der Waals surface area contributed by atoms with E-state index < -0.39 is 29.8 Å². The third-order valence-corrected chi connectivity index (χ3v) is 9.01. The summed E-state index contributed by atoms with van der Waals surface area (Å²) in [7, 11) is 2.03. The summed E-state index contributed by atoms with van der Waals surface area (Å²) in [6.07, 6.45) is 0.830. The highest BCUT2D eigenvalue weighted by Gasteiger charge is 2.28. The summed E-state index contributed by atoms with van der Waals surface area (Å²) in [4.78, 5) is 34.1. The van der Waals surface area contributed by atoms with Gasteiger partial charge in [-0.1, -0.05) is 11.6 Å². The maximum Gasteiger partial charge on any atom is 0.419 e. The summed E-state index contributed by atoms with van der Waals surface area (Å²) in [6, 6.07) is 11.0. The predicted molar refractivity (Wildman–Crippen MR) is 181 cm³/mol. The van der Waals surface area contributed by atoms with Crippen LogP contribution in [0.4, 0.5) is 18.0 Å². The van der Waals surface area contributed by atoms with E-state index in [1.54, 1.807) is 61.7 Å². The van der Waals surface area contributed by atoms with Crippen LogP contribution in [0.3, 0.4) is 0 Å². The van der Waals surface area contributed by atoms with Crippen molar-refractivity contribution in [3.05, 3.63) is 87.8 Å². The van der Waals surface area contributed by atoms with Gasteiger partial charge in [0.15, 0.2) is 0 Å². The summed E-state index contributed by atoms with van der Waals surface area (Å²) in [5.74, 6) is -1.51. The number of likely N-dealkylation sites (tertiary alicyclic amines) is 1. The zero-order valence-corrected chi connectivity index (χ0v) is 28.4. The summed E-state index contributed by atoms with van der Waals surface area (Å²) in [5.41, 5.74) is 1.70. The smallest absolute Gasteiger partial charge is 0.419 e. The number of hydrogen-bond donors (Lipinski definition) is 0. The number of nitrogens with zero attached hydrogens (tertiary/aromatic N) is 7. The van der Waals surface area contributed by atoms with E-state index in [9.17, 15) is 18.4 Å². The molecule has 0 N–H and O–H groups in total. The average Bonchev–Trinajstić information content (AvgIpc) is 3.76. The molecule has 6 aromatic rings. The molecule has 5 heterocycles. The van der Waals surface area contributed by atoms with Crippen molar-refractivity contribution in [2.75, 3.05) is 20.1 Å². The molecule has 7 rings (SSSR count). The quantitative estimate of drug-likeness (QED) is 0.173. The average molecular weight is 708 g/mol. The van der Waals surface area contributed by atoms with E-state index in [1.165, 1.54) is 27.6 Å². The highest BCUT2D eigenvalue weighted by Crippen LogP contribution is 2.37. The second kappa shape index (κ2) is 12.7. The number of ether oxygens (including phenoxy) is 1. The van der Waals surface area contributed by atoms with E-state index >= 15 is 4.39 Å². The van der Waals surface area contributed by atoms with E-state index in [0.29, 0.717) is 56.6 Å². The second-order valence-corrected chi connectivity index (χ2v) is 13.9. The number of carbonyl (C=O) groups is 1. The number of alkyl halides is 2. The molecule has 11 nitrogen and oxygen atoms in total. The summed E-state index contributed by atoms with van der Waals surface area (Å²) >= 11 is 6.39. The van der Waals surface area contributed by atoms with Crippen molar-refractivity contribution in [2.24, 2.45) is 0 Å². The fourth-order valence-corrected chi connectivity index (χ4v) is 6.56. The molecule has 0 spiro atoms. The highest BCUT2D eigenvalue weighted by molar-refractivity contribution is 6.31. The van der Waals surface area contributed by atoms with Gasteiger partial charge in [-0.2, -0.15) is 8.78 Å². The first-order valence-corrected chi connectivity index (χ1v) is 16.4. The van der Waals surface area contributed by atoms with E-state index in [4.69, 9.17) is 20.8 Å². The van der Waals surface area contributed by atoms with Gasteiger partial charge in [-0.25, -0.2) is 14.0 Å². The van der Waals surface area contributed by atoms with Gasteiger partial charge < -0.3 is 14.1 Å². The Balaban J connectivity index is 1.34. The largest absolute Gasteiger partial charge is 0.443 e. The number of hydrogen-bond acceptors (Lipinski definition) is 8. The first-order chi connectivity index (χ1) is 23.8. The second-order valence-electron chi connectivity index (χ2n) is 13.4. The third kappa shape index (κ3) is 6.29. The Morgan fingerprint density at radius 1 is 1.04 bits per heavy atom. The number of pyridine rings is 1. The number of imidazole rings is 1. The number of carbonyl (C=O) groups excluding carboxylic acids is 1. The molecule has 260 valence electrons. The van der Waals surface area contributed by atoms with Gasteiger partial charge in [-0.05, 0) is 90.1 Å². The first kappa shape index (κ1) is 33.5. The summed E-state index contributed by atoms with van der Waals surface area (Å²) < 4.78 is 57.5. The van der Waals surface area contributed by atoms with Gasteiger partial charge in [0.2, 0.25) is 5.89 Å². The Labute approximate surface area is 288 Å². The highest BCUT2D eigenvalue weighted by atomic mass is 35.5. The van der Waals surface area contributed by atoms with Gasteiger partial charge in [0, 0.05) is 46.0 Å². The lowest BCUT2D eigenvalue weighted by Crippen LogP contribution is -2.36.